The molecule has 0 aliphatic rings. The van der Waals surface area contributed by atoms with Gasteiger partial charge in [0.25, 0.3) is 0 Å². The van der Waals surface area contributed by atoms with E-state index in [4.69, 9.17) is 9.47 Å². The highest BCUT2D eigenvalue weighted by Crippen LogP contribution is 2.39. The number of ether oxygens (including phenoxy) is 2. The number of rotatable bonds is 12. The Morgan fingerprint density at radius 1 is 0.692 bits per heavy atom. The minimum Gasteiger partial charge on any atom is -0.346 e. The Bertz CT molecular complexity index is 384. The van der Waals surface area contributed by atoms with Crippen molar-refractivity contribution < 1.29 is 9.47 Å². The van der Waals surface area contributed by atoms with Crippen LogP contribution >= 0.6 is 0 Å². The van der Waals surface area contributed by atoms with Crippen molar-refractivity contribution >= 4 is 0 Å². The van der Waals surface area contributed by atoms with Crippen molar-refractivity contribution in [3.05, 3.63) is 0 Å². The smallest absolute Gasteiger partial charge is 0.164 e. The molecule has 0 aliphatic carbocycles. The van der Waals surface area contributed by atoms with E-state index >= 15 is 0 Å². The summed E-state index contributed by atoms with van der Waals surface area (Å²) >= 11 is 0. The molecule has 1 N–H and O–H groups in total. The van der Waals surface area contributed by atoms with E-state index in [0.717, 1.165) is 19.3 Å². The Hall–Kier alpha value is -0.120. The molecule has 158 valence electrons. The van der Waals surface area contributed by atoms with Gasteiger partial charge in [-0.2, -0.15) is 0 Å². The van der Waals surface area contributed by atoms with Crippen LogP contribution in [-0.2, 0) is 9.47 Å². The van der Waals surface area contributed by atoms with Gasteiger partial charge in [-0.3, -0.25) is 0 Å². The molecule has 0 spiro atoms. The van der Waals surface area contributed by atoms with E-state index < -0.39 is 0 Å². The third kappa shape index (κ3) is 10.3. The third-order valence-corrected chi connectivity index (χ3v) is 4.86. The molecule has 0 bridgehead atoms. The average molecular weight is 372 g/mol. The zero-order valence-corrected chi connectivity index (χ0v) is 20.2. The first-order chi connectivity index (χ1) is 11.4. The van der Waals surface area contributed by atoms with Gasteiger partial charge in [-0.25, -0.2) is 0 Å². The van der Waals surface area contributed by atoms with Gasteiger partial charge in [0.1, 0.15) is 0 Å². The van der Waals surface area contributed by atoms with Crippen LogP contribution in [-0.4, -0.2) is 30.1 Å². The van der Waals surface area contributed by atoms with Crippen molar-refractivity contribution in [3.8, 4) is 0 Å². The lowest BCUT2D eigenvalue weighted by atomic mass is 9.78. The zero-order valence-electron chi connectivity index (χ0n) is 20.2. The van der Waals surface area contributed by atoms with Gasteiger partial charge in [-0.1, -0.05) is 41.5 Å². The molecule has 0 aromatic carbocycles. The second kappa shape index (κ2) is 9.39. The van der Waals surface area contributed by atoms with Gasteiger partial charge >= 0.3 is 0 Å². The molecule has 0 aliphatic heterocycles. The van der Waals surface area contributed by atoms with E-state index in [2.05, 4.69) is 88.4 Å². The normalized spacial score (nSPS) is 14.8. The van der Waals surface area contributed by atoms with Crippen molar-refractivity contribution in [2.24, 2.45) is 17.3 Å². The largest absolute Gasteiger partial charge is 0.346 e. The monoisotopic (exact) mass is 371 g/mol. The van der Waals surface area contributed by atoms with Gasteiger partial charge < -0.3 is 14.8 Å². The van der Waals surface area contributed by atoms with Crippen LogP contribution in [0.25, 0.3) is 0 Å². The molecule has 0 radical (unpaired) electrons. The summed E-state index contributed by atoms with van der Waals surface area (Å²) in [5.74, 6) is 1.18. The molecule has 3 nitrogen and oxygen atoms in total. The molecule has 0 unspecified atom stereocenters. The fraction of sp³-hybridized carbons (Fsp3) is 1.00. The summed E-state index contributed by atoms with van der Waals surface area (Å²) in [4.78, 5) is 0. The quantitative estimate of drug-likeness (QED) is 0.402. The molecule has 3 heteroatoms. The van der Waals surface area contributed by atoms with Crippen molar-refractivity contribution in [3.63, 3.8) is 0 Å². The lowest BCUT2D eigenvalue weighted by Gasteiger charge is -2.46. The fourth-order valence-electron chi connectivity index (χ4n) is 4.30. The van der Waals surface area contributed by atoms with Crippen molar-refractivity contribution in [2.45, 2.75) is 125 Å². The molecule has 0 rings (SSSR count). The van der Waals surface area contributed by atoms with Crippen molar-refractivity contribution in [2.75, 3.05) is 7.05 Å². The summed E-state index contributed by atoms with van der Waals surface area (Å²) < 4.78 is 13.3. The Morgan fingerprint density at radius 2 is 1.04 bits per heavy atom. The molecule has 0 saturated carbocycles. The van der Waals surface area contributed by atoms with Gasteiger partial charge in [0, 0.05) is 11.0 Å². The van der Waals surface area contributed by atoms with E-state index in [-0.39, 0.29) is 28.4 Å². The first-order valence-electron chi connectivity index (χ1n) is 10.5. The lowest BCUT2D eigenvalue weighted by Crippen LogP contribution is -2.50. The summed E-state index contributed by atoms with van der Waals surface area (Å²) in [7, 11) is 2.03. The SMILES string of the molecule is CNC(C)(C)CC(C)(C)C(OC(C)(C)CC(C)C)OC(C)(C)CC(C)C. The Labute approximate surface area is 165 Å². The first kappa shape index (κ1) is 25.9. The summed E-state index contributed by atoms with van der Waals surface area (Å²) in [6.07, 6.45) is 2.75. The number of hydrogen-bond acceptors (Lipinski definition) is 3. The second-order valence-electron chi connectivity index (χ2n) is 11.6. The van der Waals surface area contributed by atoms with Crippen LogP contribution in [0.1, 0.15) is 102 Å². The van der Waals surface area contributed by atoms with Gasteiger partial charge in [-0.05, 0) is 79.7 Å². The summed E-state index contributed by atoms with van der Waals surface area (Å²) in [6, 6.07) is 0. The molecule has 0 aromatic heterocycles. The van der Waals surface area contributed by atoms with Crippen LogP contribution in [0.2, 0.25) is 0 Å². The highest BCUT2D eigenvalue weighted by Gasteiger charge is 2.42. The van der Waals surface area contributed by atoms with E-state index in [1.165, 1.54) is 0 Å². The standard InChI is InChI=1S/C23H49NO2/c1-17(2)14-22(9,10)25-19(26-23(11,12)15-18(3)4)20(5,6)16-21(7,8)24-13/h17-19,24H,14-16H2,1-13H3. The predicted molar refractivity (Wildman–Crippen MR) is 115 cm³/mol. The van der Waals surface area contributed by atoms with Crippen LogP contribution in [0.3, 0.4) is 0 Å². The maximum Gasteiger partial charge on any atom is 0.164 e. The van der Waals surface area contributed by atoms with E-state index in [1.54, 1.807) is 0 Å². The van der Waals surface area contributed by atoms with Crippen LogP contribution < -0.4 is 5.32 Å². The maximum absolute atomic E-state index is 6.67. The first-order valence-corrected chi connectivity index (χ1v) is 10.5. The average Bonchev–Trinajstić information content (AvgIpc) is 2.32. The van der Waals surface area contributed by atoms with Crippen LogP contribution in [0.4, 0.5) is 0 Å². The molecular weight excluding hydrogens is 322 g/mol. The highest BCUT2D eigenvalue weighted by atomic mass is 16.7. The molecule has 0 saturated heterocycles. The molecule has 26 heavy (non-hydrogen) atoms. The van der Waals surface area contributed by atoms with E-state index in [9.17, 15) is 0 Å². The fourth-order valence-corrected chi connectivity index (χ4v) is 4.30. The minimum atomic E-state index is -0.252. The summed E-state index contributed by atoms with van der Waals surface area (Å²) in [5, 5.41) is 3.43. The van der Waals surface area contributed by atoms with Gasteiger partial charge in [0.05, 0.1) is 11.2 Å². The lowest BCUT2D eigenvalue weighted by molar-refractivity contribution is -0.289. The van der Waals surface area contributed by atoms with Gasteiger partial charge in [-0.15, -0.1) is 0 Å². The Morgan fingerprint density at radius 3 is 1.31 bits per heavy atom. The van der Waals surface area contributed by atoms with Gasteiger partial charge in [0.15, 0.2) is 6.29 Å². The Kier molecular flexibility index (Phi) is 9.34. The maximum atomic E-state index is 6.67. The highest BCUT2D eigenvalue weighted by molar-refractivity contribution is 4.89. The topological polar surface area (TPSA) is 30.5 Å². The second-order valence-corrected chi connectivity index (χ2v) is 11.6. The minimum absolute atomic E-state index is 0.0266. The molecule has 0 fully saturated rings. The van der Waals surface area contributed by atoms with Crippen molar-refractivity contribution in [1.29, 1.82) is 0 Å². The molecule has 0 amide bonds. The number of nitrogens with one attached hydrogen (secondary N) is 1. The molecule has 0 atom stereocenters. The molecule has 0 heterocycles. The van der Waals surface area contributed by atoms with Crippen LogP contribution in [0.5, 0.6) is 0 Å². The molecular formula is C23H49NO2. The third-order valence-electron chi connectivity index (χ3n) is 4.86. The van der Waals surface area contributed by atoms with E-state index in [1.807, 2.05) is 7.05 Å². The predicted octanol–water partition coefficient (Wildman–Crippen LogP) is 6.41. The summed E-state index contributed by atoms with van der Waals surface area (Å²) in [5.41, 5.74) is -0.518. The number of hydrogen-bond donors (Lipinski definition) is 1. The summed E-state index contributed by atoms with van der Waals surface area (Å²) in [6.45, 7) is 26.8. The van der Waals surface area contributed by atoms with Crippen LogP contribution in [0.15, 0.2) is 0 Å². The van der Waals surface area contributed by atoms with Gasteiger partial charge in [0.2, 0.25) is 0 Å². The van der Waals surface area contributed by atoms with E-state index in [0.29, 0.717) is 11.8 Å². The van der Waals surface area contributed by atoms with Crippen molar-refractivity contribution in [1.82, 2.24) is 5.32 Å². The van der Waals surface area contributed by atoms with Crippen LogP contribution in [0, 0.1) is 17.3 Å². The Balaban J connectivity index is 5.58. The molecule has 0 aromatic rings. The zero-order chi connectivity index (χ0) is 21.0.